The van der Waals surface area contributed by atoms with Gasteiger partial charge in [-0.25, -0.2) is 0 Å². The average molecular weight is 269 g/mol. The highest BCUT2D eigenvalue weighted by Crippen LogP contribution is 2.16. The zero-order valence-corrected chi connectivity index (χ0v) is 11.0. The maximum atomic E-state index is 12.0. The van der Waals surface area contributed by atoms with Crippen LogP contribution in [0.25, 0.3) is 0 Å². The van der Waals surface area contributed by atoms with Crippen LogP contribution in [0.15, 0.2) is 24.3 Å². The molecule has 1 fully saturated rings. The highest BCUT2D eigenvalue weighted by Gasteiger charge is 2.22. The van der Waals surface area contributed by atoms with Crippen LogP contribution >= 0.6 is 11.6 Å². The molecule has 2 unspecified atom stereocenters. The van der Waals surface area contributed by atoms with Gasteiger partial charge in [-0.15, -0.1) is 0 Å². The number of carbonyl (C=O) groups excluding carboxylic acids is 1. The quantitative estimate of drug-likeness (QED) is 0.874. The normalized spacial score (nSPS) is 21.3. The Hall–Kier alpha value is -1.10. The summed E-state index contributed by atoms with van der Waals surface area (Å²) in [6, 6.07) is 7.17. The molecule has 0 spiro atoms. The lowest BCUT2D eigenvalue weighted by atomic mass is 10.1. The largest absolute Gasteiger partial charge is 0.378 e. The van der Waals surface area contributed by atoms with E-state index >= 15 is 0 Å². The molecule has 1 saturated heterocycles. The van der Waals surface area contributed by atoms with E-state index in [1.807, 2.05) is 31.2 Å². The maximum absolute atomic E-state index is 12.0. The van der Waals surface area contributed by atoms with Crippen LogP contribution in [0.2, 0.25) is 5.02 Å². The first-order chi connectivity index (χ1) is 8.66. The van der Waals surface area contributed by atoms with Gasteiger partial charge in [0.2, 0.25) is 5.91 Å². The van der Waals surface area contributed by atoms with Gasteiger partial charge in [0.25, 0.3) is 0 Å². The maximum Gasteiger partial charge on any atom is 0.240 e. The summed E-state index contributed by atoms with van der Waals surface area (Å²) < 4.78 is 5.27. The number of rotatable bonds is 3. The third-order valence-corrected chi connectivity index (χ3v) is 3.22. The Kier molecular flexibility index (Phi) is 4.58. The summed E-state index contributed by atoms with van der Waals surface area (Å²) in [5.74, 6) is -0.0304. The molecule has 2 N–H and O–H groups in total. The molecule has 18 heavy (non-hydrogen) atoms. The van der Waals surface area contributed by atoms with Gasteiger partial charge in [0, 0.05) is 11.6 Å². The number of benzene rings is 1. The lowest BCUT2D eigenvalue weighted by Crippen LogP contribution is -2.51. The molecule has 4 nitrogen and oxygen atoms in total. The second kappa shape index (κ2) is 6.18. The molecule has 1 aliphatic rings. The predicted molar refractivity (Wildman–Crippen MR) is 70.6 cm³/mol. The zero-order valence-electron chi connectivity index (χ0n) is 10.3. The van der Waals surface area contributed by atoms with Gasteiger partial charge >= 0.3 is 0 Å². The Balaban J connectivity index is 1.91. The number of ether oxygens (including phenoxy) is 1. The topological polar surface area (TPSA) is 50.4 Å². The molecular formula is C13H17ClN2O2. The lowest BCUT2D eigenvalue weighted by molar-refractivity contribution is -0.126. The first kappa shape index (κ1) is 13.3. The summed E-state index contributed by atoms with van der Waals surface area (Å²) in [5.41, 5.74) is 1.03. The van der Waals surface area contributed by atoms with Gasteiger partial charge in [0.05, 0.1) is 19.3 Å². The molecule has 1 aromatic rings. The molecule has 98 valence electrons. The Morgan fingerprint density at radius 3 is 2.83 bits per heavy atom. The zero-order chi connectivity index (χ0) is 13.0. The van der Waals surface area contributed by atoms with Crippen LogP contribution in [-0.4, -0.2) is 31.7 Å². The van der Waals surface area contributed by atoms with Gasteiger partial charge in [-0.3, -0.25) is 4.79 Å². The van der Waals surface area contributed by atoms with Gasteiger partial charge in [-0.1, -0.05) is 23.7 Å². The number of hydrogen-bond acceptors (Lipinski definition) is 3. The number of nitrogens with one attached hydrogen (secondary N) is 2. The van der Waals surface area contributed by atoms with Crippen molar-refractivity contribution in [2.24, 2.45) is 0 Å². The van der Waals surface area contributed by atoms with E-state index < -0.39 is 0 Å². The number of carbonyl (C=O) groups is 1. The van der Waals surface area contributed by atoms with Crippen molar-refractivity contribution < 1.29 is 9.53 Å². The first-order valence-electron chi connectivity index (χ1n) is 6.04. The molecule has 0 aromatic heterocycles. The summed E-state index contributed by atoms with van der Waals surface area (Å²) in [5, 5.41) is 6.78. The molecule has 0 aliphatic carbocycles. The standard InChI is InChI=1S/C13H17ClN2O2/c1-9(10-2-4-11(14)5-3-10)16-13(17)12-8-18-7-6-15-12/h2-5,9,12,15H,6-8H2,1H3,(H,16,17). The number of amides is 1. The Morgan fingerprint density at radius 2 is 2.22 bits per heavy atom. The SMILES string of the molecule is CC(NC(=O)C1COCCN1)c1ccc(Cl)cc1. The smallest absolute Gasteiger partial charge is 0.240 e. The second-order valence-corrected chi connectivity index (χ2v) is 4.80. The number of hydrogen-bond donors (Lipinski definition) is 2. The van der Waals surface area contributed by atoms with Crippen molar-refractivity contribution in [3.63, 3.8) is 0 Å². The van der Waals surface area contributed by atoms with Crippen molar-refractivity contribution in [2.75, 3.05) is 19.8 Å². The molecule has 1 amide bonds. The molecule has 0 saturated carbocycles. The van der Waals surface area contributed by atoms with Crippen LogP contribution in [0.5, 0.6) is 0 Å². The highest BCUT2D eigenvalue weighted by molar-refractivity contribution is 6.30. The minimum atomic E-state index is -0.256. The molecule has 0 radical (unpaired) electrons. The van der Waals surface area contributed by atoms with E-state index in [0.717, 1.165) is 5.56 Å². The third-order valence-electron chi connectivity index (χ3n) is 2.97. The minimum Gasteiger partial charge on any atom is -0.378 e. The highest BCUT2D eigenvalue weighted by atomic mass is 35.5. The molecule has 2 atom stereocenters. The summed E-state index contributed by atoms with van der Waals surface area (Å²) in [7, 11) is 0. The average Bonchev–Trinajstić information content (AvgIpc) is 2.40. The van der Waals surface area contributed by atoms with E-state index in [4.69, 9.17) is 16.3 Å². The summed E-state index contributed by atoms with van der Waals surface area (Å²) in [6.45, 7) is 3.76. The van der Waals surface area contributed by atoms with Gasteiger partial charge in [-0.2, -0.15) is 0 Å². The fourth-order valence-corrected chi connectivity index (χ4v) is 2.01. The fourth-order valence-electron chi connectivity index (χ4n) is 1.88. The van der Waals surface area contributed by atoms with E-state index in [2.05, 4.69) is 10.6 Å². The molecule has 1 aromatic carbocycles. The minimum absolute atomic E-state index is 0.0304. The van der Waals surface area contributed by atoms with Crippen LogP contribution in [0, 0.1) is 0 Å². The van der Waals surface area contributed by atoms with Crippen LogP contribution in [0.1, 0.15) is 18.5 Å². The van der Waals surface area contributed by atoms with Crippen molar-refractivity contribution in [3.8, 4) is 0 Å². The van der Waals surface area contributed by atoms with Crippen LogP contribution in [-0.2, 0) is 9.53 Å². The summed E-state index contributed by atoms with van der Waals surface area (Å²) in [6.07, 6.45) is 0. The van der Waals surface area contributed by atoms with Crippen molar-refractivity contribution in [1.82, 2.24) is 10.6 Å². The second-order valence-electron chi connectivity index (χ2n) is 4.36. The van der Waals surface area contributed by atoms with Gasteiger partial charge < -0.3 is 15.4 Å². The van der Waals surface area contributed by atoms with Gasteiger partial charge in [-0.05, 0) is 24.6 Å². The van der Waals surface area contributed by atoms with Gasteiger partial charge in [0.1, 0.15) is 6.04 Å². The lowest BCUT2D eigenvalue weighted by Gasteiger charge is -2.25. The van der Waals surface area contributed by atoms with E-state index in [-0.39, 0.29) is 18.0 Å². The van der Waals surface area contributed by atoms with Crippen LogP contribution in [0.4, 0.5) is 0 Å². The molecule has 1 heterocycles. The van der Waals surface area contributed by atoms with Crippen LogP contribution in [0.3, 0.4) is 0 Å². The monoisotopic (exact) mass is 268 g/mol. The summed E-state index contributed by atoms with van der Waals surface area (Å²) >= 11 is 5.83. The van der Waals surface area contributed by atoms with Crippen molar-refractivity contribution >= 4 is 17.5 Å². The number of halogens is 1. The Bertz CT molecular complexity index is 402. The molecule has 2 rings (SSSR count). The number of morpholine rings is 1. The summed E-state index contributed by atoms with van der Waals surface area (Å²) in [4.78, 5) is 12.0. The van der Waals surface area contributed by atoms with E-state index in [1.54, 1.807) is 0 Å². The Labute approximate surface area is 112 Å². The Morgan fingerprint density at radius 1 is 1.50 bits per heavy atom. The molecule has 0 bridgehead atoms. The van der Waals surface area contributed by atoms with Crippen LogP contribution < -0.4 is 10.6 Å². The van der Waals surface area contributed by atoms with Gasteiger partial charge in [0.15, 0.2) is 0 Å². The molecular weight excluding hydrogens is 252 g/mol. The predicted octanol–water partition coefficient (Wildman–Crippen LogP) is 1.51. The fraction of sp³-hybridized carbons (Fsp3) is 0.462. The first-order valence-corrected chi connectivity index (χ1v) is 6.41. The van der Waals surface area contributed by atoms with E-state index in [1.165, 1.54) is 0 Å². The molecule has 5 heteroatoms. The van der Waals surface area contributed by atoms with E-state index in [9.17, 15) is 4.79 Å². The van der Waals surface area contributed by atoms with Crippen molar-refractivity contribution in [3.05, 3.63) is 34.9 Å². The van der Waals surface area contributed by atoms with Crippen molar-refractivity contribution in [2.45, 2.75) is 19.0 Å². The van der Waals surface area contributed by atoms with Crippen molar-refractivity contribution in [1.29, 1.82) is 0 Å². The van der Waals surface area contributed by atoms with E-state index in [0.29, 0.717) is 24.8 Å². The molecule has 1 aliphatic heterocycles. The third kappa shape index (κ3) is 3.45.